The summed E-state index contributed by atoms with van der Waals surface area (Å²) in [4.78, 5) is 31.4. The highest BCUT2D eigenvalue weighted by Crippen LogP contribution is 2.37. The molecule has 2 bridgehead atoms. The van der Waals surface area contributed by atoms with Crippen LogP contribution < -0.4 is 10.6 Å². The van der Waals surface area contributed by atoms with Crippen molar-refractivity contribution in [1.82, 2.24) is 24.8 Å². The molecule has 2 fully saturated rings. The summed E-state index contributed by atoms with van der Waals surface area (Å²) >= 11 is 0. The van der Waals surface area contributed by atoms with Crippen molar-refractivity contribution in [2.24, 2.45) is 0 Å². The number of anilines is 2. The number of pyridine rings is 2. The van der Waals surface area contributed by atoms with Gasteiger partial charge in [-0.15, -0.1) is 0 Å². The van der Waals surface area contributed by atoms with Gasteiger partial charge in [-0.1, -0.05) is 0 Å². The summed E-state index contributed by atoms with van der Waals surface area (Å²) in [7, 11) is 0. The Morgan fingerprint density at radius 1 is 1.31 bits per heavy atom. The van der Waals surface area contributed by atoms with Crippen molar-refractivity contribution in [3.63, 3.8) is 0 Å². The van der Waals surface area contributed by atoms with Gasteiger partial charge in [-0.2, -0.15) is 5.26 Å². The monoisotopic (exact) mass is 430 g/mol. The van der Waals surface area contributed by atoms with Gasteiger partial charge in [-0.3, -0.25) is 14.7 Å². The molecule has 0 aromatic carbocycles. The summed E-state index contributed by atoms with van der Waals surface area (Å²) < 4.78 is 0. The number of nitrogens with zero attached hydrogens (tertiary/aromatic N) is 5. The lowest BCUT2D eigenvalue weighted by molar-refractivity contribution is 0.102. The van der Waals surface area contributed by atoms with Gasteiger partial charge in [-0.25, -0.2) is 9.97 Å². The number of hydrogen-bond donors (Lipinski definition) is 3. The Labute approximate surface area is 186 Å². The summed E-state index contributed by atoms with van der Waals surface area (Å²) in [6.07, 6.45) is 8.32. The largest absolute Gasteiger partial charge is 0.367 e. The van der Waals surface area contributed by atoms with Crippen LogP contribution in [0.25, 0.3) is 10.9 Å². The van der Waals surface area contributed by atoms with Crippen LogP contribution in [0.1, 0.15) is 48.4 Å². The second kappa shape index (κ2) is 8.55. The Bertz CT molecular complexity index is 1170. The molecule has 32 heavy (non-hydrogen) atoms. The summed E-state index contributed by atoms with van der Waals surface area (Å²) in [6, 6.07) is 9.26. The van der Waals surface area contributed by atoms with E-state index in [4.69, 9.17) is 10.2 Å². The summed E-state index contributed by atoms with van der Waals surface area (Å²) in [5.74, 6) is 1.55. The van der Waals surface area contributed by atoms with E-state index in [0.29, 0.717) is 41.9 Å². The highest BCUT2D eigenvalue weighted by atomic mass is 16.2. The zero-order chi connectivity index (χ0) is 22.1. The topological polar surface area (TPSA) is 123 Å². The minimum Gasteiger partial charge on any atom is -0.367 e. The fourth-order valence-corrected chi connectivity index (χ4v) is 5.09. The number of rotatable bonds is 6. The number of aromatic amines is 1. The Hall–Kier alpha value is -3.51. The first-order valence-electron chi connectivity index (χ1n) is 11.1. The van der Waals surface area contributed by atoms with Gasteiger partial charge in [0, 0.05) is 54.9 Å². The molecule has 164 valence electrons. The number of piperidine rings is 1. The molecule has 1 amide bonds. The molecule has 2 aliphatic heterocycles. The van der Waals surface area contributed by atoms with Gasteiger partial charge in [-0.05, 0) is 44.7 Å². The van der Waals surface area contributed by atoms with Gasteiger partial charge in [0.05, 0.1) is 11.6 Å². The van der Waals surface area contributed by atoms with E-state index in [1.807, 2.05) is 12.1 Å². The van der Waals surface area contributed by atoms with E-state index in [1.54, 1.807) is 25.4 Å². The normalized spacial score (nSPS) is 22.6. The number of nitriles is 1. The minimum absolute atomic E-state index is 0.293. The molecule has 0 aliphatic carbocycles. The van der Waals surface area contributed by atoms with Gasteiger partial charge in [0.2, 0.25) is 0 Å². The fraction of sp³-hybridized carbons (Fsp3) is 0.435. The van der Waals surface area contributed by atoms with E-state index in [1.165, 1.54) is 12.8 Å². The number of aromatic nitrogens is 4. The number of amides is 1. The van der Waals surface area contributed by atoms with Gasteiger partial charge in [0.15, 0.2) is 0 Å². The SMILES string of the molecule is Cc1nc(C(=O)Nc2cc3ncccc3c(N[C@@H]3C[C@H]4CC[C@@H](C3)N4CCC#N)n2)c[nH]1. The van der Waals surface area contributed by atoms with E-state index in [2.05, 4.69) is 36.6 Å². The quantitative estimate of drug-likeness (QED) is 0.549. The Morgan fingerprint density at radius 3 is 2.84 bits per heavy atom. The number of fused-ring (bicyclic) bond motifs is 3. The maximum absolute atomic E-state index is 12.6. The molecule has 3 aromatic heterocycles. The second-order valence-electron chi connectivity index (χ2n) is 8.60. The lowest BCUT2D eigenvalue weighted by Crippen LogP contribution is -2.47. The molecule has 2 saturated heterocycles. The first-order chi connectivity index (χ1) is 15.6. The molecule has 2 aliphatic rings. The summed E-state index contributed by atoms with van der Waals surface area (Å²) in [6.45, 7) is 2.66. The Morgan fingerprint density at radius 2 is 2.12 bits per heavy atom. The molecule has 0 spiro atoms. The lowest BCUT2D eigenvalue weighted by Gasteiger charge is -2.39. The first-order valence-corrected chi connectivity index (χ1v) is 11.1. The van der Waals surface area contributed by atoms with Crippen LogP contribution in [0.15, 0.2) is 30.6 Å². The number of carbonyl (C=O) groups excluding carboxylic acids is 1. The molecule has 5 heterocycles. The van der Waals surface area contributed by atoms with E-state index < -0.39 is 0 Å². The number of hydrogen-bond acceptors (Lipinski definition) is 7. The van der Waals surface area contributed by atoms with Crippen LogP contribution in [0.3, 0.4) is 0 Å². The smallest absolute Gasteiger partial charge is 0.277 e. The molecule has 9 heteroatoms. The molecule has 3 aromatic rings. The van der Waals surface area contributed by atoms with Crippen LogP contribution in [0.2, 0.25) is 0 Å². The van der Waals surface area contributed by atoms with Crippen LogP contribution in [0, 0.1) is 18.3 Å². The van der Waals surface area contributed by atoms with Crippen LogP contribution >= 0.6 is 0 Å². The van der Waals surface area contributed by atoms with Crippen molar-refractivity contribution in [2.75, 3.05) is 17.2 Å². The second-order valence-corrected chi connectivity index (χ2v) is 8.60. The summed E-state index contributed by atoms with van der Waals surface area (Å²) in [5.41, 5.74) is 1.09. The fourth-order valence-electron chi connectivity index (χ4n) is 5.09. The average Bonchev–Trinajstić information content (AvgIpc) is 3.32. The predicted molar refractivity (Wildman–Crippen MR) is 121 cm³/mol. The van der Waals surface area contributed by atoms with Crippen molar-refractivity contribution in [2.45, 2.75) is 57.2 Å². The lowest BCUT2D eigenvalue weighted by atomic mass is 9.97. The standard InChI is InChI=1S/C23H26N8O/c1-14-26-13-20(27-14)23(32)30-21-12-19-18(4-2-8-25-19)22(29-21)28-15-10-16-5-6-17(11-15)31(16)9-3-7-24/h2,4,8,12-13,15-17H,3,5-6,9-11H2,1H3,(H,26,27)(H2,28,29,30,32)/t15-,16-,17+. The summed E-state index contributed by atoms with van der Waals surface area (Å²) in [5, 5.41) is 16.4. The first kappa shape index (κ1) is 20.4. The molecule has 0 unspecified atom stereocenters. The van der Waals surface area contributed by atoms with E-state index in [9.17, 15) is 4.79 Å². The van der Waals surface area contributed by atoms with Crippen molar-refractivity contribution in [1.29, 1.82) is 5.26 Å². The average molecular weight is 431 g/mol. The van der Waals surface area contributed by atoms with Gasteiger partial charge >= 0.3 is 0 Å². The number of carbonyl (C=O) groups is 1. The molecule has 0 saturated carbocycles. The third-order valence-electron chi connectivity index (χ3n) is 6.49. The molecule has 5 rings (SSSR count). The minimum atomic E-state index is -0.313. The van der Waals surface area contributed by atoms with E-state index in [0.717, 1.165) is 36.1 Å². The van der Waals surface area contributed by atoms with Gasteiger partial charge in [0.1, 0.15) is 23.2 Å². The van der Waals surface area contributed by atoms with E-state index in [-0.39, 0.29) is 5.91 Å². The third-order valence-corrected chi connectivity index (χ3v) is 6.49. The highest BCUT2D eigenvalue weighted by molar-refractivity contribution is 6.03. The van der Waals surface area contributed by atoms with Crippen molar-refractivity contribution in [3.8, 4) is 6.07 Å². The molecule has 3 N–H and O–H groups in total. The number of nitrogens with one attached hydrogen (secondary N) is 3. The zero-order valence-electron chi connectivity index (χ0n) is 18.0. The molecular formula is C23H26N8O. The Balaban J connectivity index is 1.37. The zero-order valence-corrected chi connectivity index (χ0v) is 18.0. The molecular weight excluding hydrogens is 404 g/mol. The maximum atomic E-state index is 12.6. The highest BCUT2D eigenvalue weighted by Gasteiger charge is 2.40. The van der Waals surface area contributed by atoms with Crippen LogP contribution in [-0.4, -0.2) is 55.4 Å². The van der Waals surface area contributed by atoms with Crippen molar-refractivity contribution < 1.29 is 4.79 Å². The predicted octanol–water partition coefficient (Wildman–Crippen LogP) is 3.23. The van der Waals surface area contributed by atoms with Crippen LogP contribution in [0.5, 0.6) is 0 Å². The Kier molecular flexibility index (Phi) is 5.45. The molecule has 3 atom stereocenters. The van der Waals surface area contributed by atoms with Gasteiger partial charge in [0.25, 0.3) is 5.91 Å². The van der Waals surface area contributed by atoms with E-state index >= 15 is 0 Å². The van der Waals surface area contributed by atoms with Crippen molar-refractivity contribution in [3.05, 3.63) is 42.1 Å². The third kappa shape index (κ3) is 4.01. The number of aryl methyl sites for hydroxylation is 1. The number of H-pyrrole nitrogens is 1. The van der Waals surface area contributed by atoms with Gasteiger partial charge < -0.3 is 15.6 Å². The molecule has 9 nitrogen and oxygen atoms in total. The molecule has 0 radical (unpaired) electrons. The maximum Gasteiger partial charge on any atom is 0.277 e. The van der Waals surface area contributed by atoms with Crippen molar-refractivity contribution >= 4 is 28.4 Å². The number of imidazole rings is 1. The van der Waals surface area contributed by atoms with Crippen LogP contribution in [0.4, 0.5) is 11.6 Å². The van der Waals surface area contributed by atoms with Crippen LogP contribution in [-0.2, 0) is 0 Å².